The van der Waals surface area contributed by atoms with Gasteiger partial charge in [0, 0.05) is 6.08 Å². The highest BCUT2D eigenvalue weighted by Gasteiger charge is 2.71. The summed E-state index contributed by atoms with van der Waals surface area (Å²) in [7, 11) is 0. The summed E-state index contributed by atoms with van der Waals surface area (Å²) in [5, 5.41) is 8.54. The topological polar surface area (TPSA) is 37.3 Å². The third-order valence-corrected chi connectivity index (χ3v) is 2.51. The van der Waals surface area contributed by atoms with Crippen molar-refractivity contribution in [3.8, 4) is 0 Å². The lowest BCUT2D eigenvalue weighted by Crippen LogP contribution is -2.55. The van der Waals surface area contributed by atoms with Crippen LogP contribution in [0.4, 0.5) is 26.3 Å². The molecule has 1 atom stereocenters. The van der Waals surface area contributed by atoms with Crippen molar-refractivity contribution in [2.75, 3.05) is 0 Å². The van der Waals surface area contributed by atoms with Crippen LogP contribution in [0.5, 0.6) is 0 Å². The molecule has 0 heterocycles. The molecular weight excluding hydrogens is 266 g/mol. The summed E-state index contributed by atoms with van der Waals surface area (Å²) < 4.78 is 79.6. The highest BCUT2D eigenvalue weighted by molar-refractivity contribution is 5.86. The Labute approximate surface area is 97.6 Å². The summed E-state index contributed by atoms with van der Waals surface area (Å²) >= 11 is 0. The third kappa shape index (κ3) is 1.62. The zero-order valence-electron chi connectivity index (χ0n) is 9.20. The van der Waals surface area contributed by atoms with Crippen LogP contribution < -0.4 is 0 Å². The van der Waals surface area contributed by atoms with E-state index in [1.807, 2.05) is 0 Å². The lowest BCUT2D eigenvalue weighted by atomic mass is 9.79. The third-order valence-electron chi connectivity index (χ3n) is 2.51. The van der Waals surface area contributed by atoms with Crippen LogP contribution in [0.15, 0.2) is 23.0 Å². The predicted octanol–water partition coefficient (Wildman–Crippen LogP) is 3.25. The fourth-order valence-electron chi connectivity index (χ4n) is 1.72. The molecule has 1 aliphatic rings. The smallest absolute Gasteiger partial charge is 0.364 e. The quantitative estimate of drug-likeness (QED) is 0.588. The maximum Gasteiger partial charge on any atom is 0.364 e. The Hall–Kier alpha value is -1.47. The lowest BCUT2D eigenvalue weighted by Gasteiger charge is -2.37. The second-order valence-electron chi connectivity index (χ2n) is 4.03. The molecule has 0 fully saturated rings. The summed E-state index contributed by atoms with van der Waals surface area (Å²) in [6.45, 7) is 1.68. The van der Waals surface area contributed by atoms with E-state index in [2.05, 4.69) is 0 Å². The number of carboxylic acid groups (broad SMARTS) is 1. The zero-order chi connectivity index (χ0) is 14.5. The fraction of sp³-hybridized carbons (Fsp3) is 0.500. The number of halogens is 6. The van der Waals surface area contributed by atoms with E-state index in [1.54, 1.807) is 0 Å². The van der Waals surface area contributed by atoms with Crippen molar-refractivity contribution in [3.05, 3.63) is 23.0 Å². The van der Waals surface area contributed by atoms with Gasteiger partial charge < -0.3 is 5.11 Å². The van der Waals surface area contributed by atoms with Gasteiger partial charge in [-0.25, -0.2) is 13.6 Å². The van der Waals surface area contributed by atoms with Crippen LogP contribution in [0.25, 0.3) is 0 Å². The molecule has 1 N–H and O–H groups in total. The number of aliphatic carboxylic acids is 1. The van der Waals surface area contributed by atoms with Gasteiger partial charge in [-0.2, -0.15) is 17.6 Å². The van der Waals surface area contributed by atoms with Crippen LogP contribution >= 0.6 is 0 Å². The fourth-order valence-corrected chi connectivity index (χ4v) is 1.72. The molecule has 18 heavy (non-hydrogen) atoms. The van der Waals surface area contributed by atoms with E-state index in [1.165, 1.54) is 0 Å². The van der Waals surface area contributed by atoms with E-state index < -0.39 is 46.5 Å². The Kier molecular flexibility index (Phi) is 3.05. The number of carboxylic acids is 1. The van der Waals surface area contributed by atoms with Gasteiger partial charge in [0.25, 0.3) is 5.67 Å². The van der Waals surface area contributed by atoms with Gasteiger partial charge in [0.05, 0.1) is 5.57 Å². The Morgan fingerprint density at radius 2 is 1.56 bits per heavy atom. The number of rotatable bonds is 1. The first kappa shape index (κ1) is 14.6. The molecule has 1 unspecified atom stereocenters. The molecule has 0 aliphatic heterocycles. The molecule has 1 rings (SSSR count). The van der Waals surface area contributed by atoms with Crippen LogP contribution in [0.2, 0.25) is 0 Å². The molecule has 1 aliphatic carbocycles. The Morgan fingerprint density at radius 3 is 1.89 bits per heavy atom. The molecular formula is C10H8F6O2. The van der Waals surface area contributed by atoms with Crippen LogP contribution in [0, 0.1) is 0 Å². The second kappa shape index (κ2) is 3.76. The predicted molar refractivity (Wildman–Crippen MR) is 48.9 cm³/mol. The van der Waals surface area contributed by atoms with E-state index in [4.69, 9.17) is 5.11 Å². The number of hydrogen-bond acceptors (Lipinski definition) is 1. The van der Waals surface area contributed by atoms with Crippen molar-refractivity contribution >= 4 is 5.97 Å². The summed E-state index contributed by atoms with van der Waals surface area (Å²) in [6, 6.07) is 0. The van der Waals surface area contributed by atoms with E-state index in [0.717, 1.165) is 13.8 Å². The monoisotopic (exact) mass is 274 g/mol. The van der Waals surface area contributed by atoms with Gasteiger partial charge in [0.2, 0.25) is 0 Å². The average molecular weight is 274 g/mol. The molecule has 0 radical (unpaired) electrons. The zero-order valence-corrected chi connectivity index (χ0v) is 9.20. The van der Waals surface area contributed by atoms with Crippen LogP contribution in [-0.2, 0) is 4.79 Å². The molecule has 0 amide bonds. The molecule has 2 nitrogen and oxygen atoms in total. The number of alkyl halides is 5. The van der Waals surface area contributed by atoms with Gasteiger partial charge in [-0.3, -0.25) is 0 Å². The molecule has 0 aromatic heterocycles. The molecule has 0 saturated carbocycles. The summed E-state index contributed by atoms with van der Waals surface area (Å²) in [4.78, 5) is 10.6. The summed E-state index contributed by atoms with van der Waals surface area (Å²) in [6.07, 6.45) is -0.630. The van der Waals surface area contributed by atoms with Gasteiger partial charge in [-0.15, -0.1) is 0 Å². The highest BCUT2D eigenvalue weighted by Crippen LogP contribution is 2.54. The molecule has 102 valence electrons. The molecule has 0 spiro atoms. The van der Waals surface area contributed by atoms with Crippen LogP contribution in [0.1, 0.15) is 13.8 Å². The van der Waals surface area contributed by atoms with Crippen molar-refractivity contribution < 1.29 is 36.2 Å². The molecule has 8 heteroatoms. The first-order valence-corrected chi connectivity index (χ1v) is 4.64. The molecule has 0 aromatic rings. The second-order valence-corrected chi connectivity index (χ2v) is 4.03. The summed E-state index contributed by atoms with van der Waals surface area (Å²) in [5.41, 5.74) is -6.60. The first-order chi connectivity index (χ1) is 7.89. The van der Waals surface area contributed by atoms with Gasteiger partial charge >= 0.3 is 17.8 Å². The van der Waals surface area contributed by atoms with Crippen molar-refractivity contribution in [2.45, 2.75) is 31.4 Å². The van der Waals surface area contributed by atoms with Crippen molar-refractivity contribution in [3.63, 3.8) is 0 Å². The first-order valence-electron chi connectivity index (χ1n) is 4.64. The summed E-state index contributed by atoms with van der Waals surface area (Å²) in [5.74, 6) is -15.8. The standard InChI is InChI=1S/C10H8F6O2/c1-4(2)6-8(12,7(17)18)3-5(11)9(13,14)10(6,15)16/h3H,1-2H3,(H,17,18). The maximum atomic E-state index is 13.9. The van der Waals surface area contributed by atoms with Crippen molar-refractivity contribution in [1.29, 1.82) is 0 Å². The normalized spacial score (nSPS) is 29.8. The van der Waals surface area contributed by atoms with E-state index in [-0.39, 0.29) is 0 Å². The van der Waals surface area contributed by atoms with Gasteiger partial charge in [0.15, 0.2) is 5.83 Å². The minimum Gasteiger partial charge on any atom is -0.478 e. The lowest BCUT2D eigenvalue weighted by molar-refractivity contribution is -0.191. The van der Waals surface area contributed by atoms with E-state index >= 15 is 0 Å². The van der Waals surface area contributed by atoms with E-state index in [9.17, 15) is 31.1 Å². The number of allylic oxidation sites excluding steroid dienone is 2. The van der Waals surface area contributed by atoms with Crippen molar-refractivity contribution in [2.24, 2.45) is 0 Å². The minimum absolute atomic E-state index is 0.630. The van der Waals surface area contributed by atoms with Gasteiger partial charge in [-0.05, 0) is 13.8 Å². The van der Waals surface area contributed by atoms with Gasteiger partial charge in [-0.1, -0.05) is 5.57 Å². The van der Waals surface area contributed by atoms with Gasteiger partial charge in [0.1, 0.15) is 0 Å². The van der Waals surface area contributed by atoms with Crippen LogP contribution in [0.3, 0.4) is 0 Å². The molecule has 0 saturated heterocycles. The largest absolute Gasteiger partial charge is 0.478 e. The Bertz CT molecular complexity index is 461. The maximum absolute atomic E-state index is 13.9. The SMILES string of the molecule is CC(C)=C1C(F)(C(=O)O)C=C(F)C(F)(F)C1(F)F. The van der Waals surface area contributed by atoms with Crippen LogP contribution in [-0.4, -0.2) is 28.6 Å². The number of hydrogen-bond donors (Lipinski definition) is 1. The van der Waals surface area contributed by atoms with Crippen molar-refractivity contribution in [1.82, 2.24) is 0 Å². The average Bonchev–Trinajstić information content (AvgIpc) is 2.13. The number of carbonyl (C=O) groups is 1. The molecule has 0 bridgehead atoms. The Morgan fingerprint density at radius 1 is 1.11 bits per heavy atom. The van der Waals surface area contributed by atoms with E-state index in [0.29, 0.717) is 0 Å². The Balaban J connectivity index is 3.75. The highest BCUT2D eigenvalue weighted by atomic mass is 19.3. The molecule has 0 aromatic carbocycles. The minimum atomic E-state index is -5.27.